The molecule has 39 heavy (non-hydrogen) atoms. The van der Waals surface area contributed by atoms with E-state index in [1.807, 2.05) is 5.32 Å². The van der Waals surface area contributed by atoms with Crippen molar-refractivity contribution in [2.75, 3.05) is 11.1 Å². The minimum Gasteiger partial charge on any atom is -0.507 e. The molecule has 0 aliphatic heterocycles. The SMILES string of the molecule is CC(O)(CS(=O)(=O)c1ccc(F)cc1)C(=O)Nc1ccc(C#N)c(C(F)(F)F)c1.O=C(O)c1ccccc1O. The van der Waals surface area contributed by atoms with Crippen molar-refractivity contribution in [1.29, 1.82) is 5.26 Å². The highest BCUT2D eigenvalue weighted by molar-refractivity contribution is 7.91. The molecule has 0 saturated heterocycles. The van der Waals surface area contributed by atoms with Crippen LogP contribution in [0.25, 0.3) is 0 Å². The third-order valence-corrected chi connectivity index (χ3v) is 6.90. The number of carboxylic acid groups (broad SMARTS) is 1. The number of alkyl halides is 3. The highest BCUT2D eigenvalue weighted by Crippen LogP contribution is 2.33. The Kier molecular flexibility index (Phi) is 9.40. The molecule has 14 heteroatoms. The van der Waals surface area contributed by atoms with Gasteiger partial charge in [-0.15, -0.1) is 0 Å². The Morgan fingerprint density at radius 3 is 2.10 bits per heavy atom. The molecule has 3 aromatic carbocycles. The van der Waals surface area contributed by atoms with Crippen molar-refractivity contribution in [3.63, 3.8) is 0 Å². The van der Waals surface area contributed by atoms with Gasteiger partial charge in [0, 0.05) is 5.69 Å². The number of aliphatic hydroxyl groups is 1. The number of nitrogens with zero attached hydrogens (tertiary/aromatic N) is 1. The van der Waals surface area contributed by atoms with Crippen molar-refractivity contribution in [1.82, 2.24) is 0 Å². The molecule has 1 amide bonds. The van der Waals surface area contributed by atoms with Gasteiger partial charge < -0.3 is 20.6 Å². The van der Waals surface area contributed by atoms with Crippen LogP contribution in [0.2, 0.25) is 0 Å². The zero-order valence-electron chi connectivity index (χ0n) is 19.9. The van der Waals surface area contributed by atoms with Gasteiger partial charge >= 0.3 is 12.1 Å². The van der Waals surface area contributed by atoms with E-state index in [9.17, 15) is 40.7 Å². The van der Waals surface area contributed by atoms with E-state index < -0.39 is 56.2 Å². The highest BCUT2D eigenvalue weighted by Gasteiger charge is 2.38. The van der Waals surface area contributed by atoms with Crippen LogP contribution in [-0.4, -0.2) is 47.0 Å². The van der Waals surface area contributed by atoms with Gasteiger partial charge in [0.05, 0.1) is 27.8 Å². The van der Waals surface area contributed by atoms with Crippen LogP contribution in [0, 0.1) is 17.1 Å². The van der Waals surface area contributed by atoms with E-state index in [4.69, 9.17) is 15.5 Å². The minimum atomic E-state index is -4.86. The number of carboxylic acids is 1. The van der Waals surface area contributed by atoms with Crippen molar-refractivity contribution in [3.05, 3.63) is 89.2 Å². The molecule has 0 aliphatic rings. The molecule has 0 fully saturated rings. The van der Waals surface area contributed by atoms with E-state index in [0.717, 1.165) is 43.3 Å². The number of hydrogen-bond acceptors (Lipinski definition) is 7. The number of phenols is 1. The van der Waals surface area contributed by atoms with Gasteiger partial charge in [0.1, 0.15) is 17.1 Å². The fourth-order valence-corrected chi connectivity index (χ4v) is 4.62. The van der Waals surface area contributed by atoms with Gasteiger partial charge in [0.25, 0.3) is 5.91 Å². The number of nitrogens with one attached hydrogen (secondary N) is 1. The molecule has 4 N–H and O–H groups in total. The number of amides is 1. The number of aromatic hydroxyl groups is 1. The molecular weight excluding hydrogens is 548 g/mol. The zero-order chi connectivity index (χ0) is 29.6. The Hall–Kier alpha value is -4.48. The maximum Gasteiger partial charge on any atom is 0.417 e. The molecule has 0 aliphatic carbocycles. The summed E-state index contributed by atoms with van der Waals surface area (Å²) in [5.41, 5.74) is -4.93. The van der Waals surface area contributed by atoms with Crippen LogP contribution in [0.3, 0.4) is 0 Å². The fourth-order valence-electron chi connectivity index (χ4n) is 3.04. The summed E-state index contributed by atoms with van der Waals surface area (Å²) in [4.78, 5) is 22.2. The van der Waals surface area contributed by atoms with E-state index in [1.54, 1.807) is 12.1 Å². The second kappa shape index (κ2) is 11.9. The topological polar surface area (TPSA) is 165 Å². The number of benzene rings is 3. The molecule has 1 atom stereocenters. The van der Waals surface area contributed by atoms with Crippen LogP contribution in [0.1, 0.15) is 28.4 Å². The number of carbonyl (C=O) groups excluding carboxylic acids is 1. The third kappa shape index (κ3) is 8.25. The summed E-state index contributed by atoms with van der Waals surface area (Å²) >= 11 is 0. The van der Waals surface area contributed by atoms with Crippen LogP contribution in [0.4, 0.5) is 23.2 Å². The first-order chi connectivity index (χ1) is 18.0. The van der Waals surface area contributed by atoms with Gasteiger partial charge in [0.2, 0.25) is 0 Å². The van der Waals surface area contributed by atoms with Gasteiger partial charge in [-0.2, -0.15) is 18.4 Å². The summed E-state index contributed by atoms with van der Waals surface area (Å²) in [5, 5.41) is 38.4. The van der Waals surface area contributed by atoms with Gasteiger partial charge in [0.15, 0.2) is 15.4 Å². The first kappa shape index (κ1) is 30.7. The van der Waals surface area contributed by atoms with Crippen LogP contribution < -0.4 is 5.32 Å². The van der Waals surface area contributed by atoms with E-state index >= 15 is 0 Å². The summed E-state index contributed by atoms with van der Waals surface area (Å²) in [6.07, 6.45) is -4.86. The predicted molar refractivity (Wildman–Crippen MR) is 129 cm³/mol. The fraction of sp³-hybridized carbons (Fsp3) is 0.160. The average Bonchev–Trinajstić information content (AvgIpc) is 2.83. The van der Waals surface area contributed by atoms with Crippen LogP contribution in [0.15, 0.2) is 71.6 Å². The molecule has 0 saturated carbocycles. The van der Waals surface area contributed by atoms with Gasteiger partial charge in [-0.1, -0.05) is 12.1 Å². The lowest BCUT2D eigenvalue weighted by molar-refractivity contribution is -0.137. The van der Waals surface area contributed by atoms with Crippen molar-refractivity contribution in [3.8, 4) is 11.8 Å². The molecule has 0 aromatic heterocycles. The first-order valence-corrected chi connectivity index (χ1v) is 12.3. The Bertz CT molecular complexity index is 1510. The van der Waals surface area contributed by atoms with E-state index in [-0.39, 0.29) is 21.9 Å². The largest absolute Gasteiger partial charge is 0.507 e. The van der Waals surface area contributed by atoms with Crippen LogP contribution >= 0.6 is 0 Å². The quantitative estimate of drug-likeness (QED) is 0.256. The number of para-hydroxylation sites is 1. The van der Waals surface area contributed by atoms with Crippen molar-refractivity contribution in [2.24, 2.45) is 0 Å². The summed E-state index contributed by atoms with van der Waals surface area (Å²) in [6.45, 7) is 0.873. The van der Waals surface area contributed by atoms with E-state index in [2.05, 4.69) is 0 Å². The number of hydrogen-bond donors (Lipinski definition) is 4. The summed E-state index contributed by atoms with van der Waals surface area (Å²) in [7, 11) is -4.21. The lowest BCUT2D eigenvalue weighted by atomic mass is 10.1. The third-order valence-electron chi connectivity index (χ3n) is 4.97. The molecular formula is C25H20F4N2O7S. The monoisotopic (exact) mass is 568 g/mol. The Labute approximate surface area is 219 Å². The number of anilines is 1. The number of nitriles is 1. The standard InChI is InChI=1S/C18H14F4N2O4S.C7H6O3/c1-17(26,10-29(27,28)14-6-3-12(19)4-7-14)16(25)24-13-5-2-11(9-23)15(8-13)18(20,21)22;8-6-4-2-1-3-5(6)7(9)10/h2-8,26H,10H2,1H3,(H,24,25);1-4,8H,(H,9,10). The molecule has 0 bridgehead atoms. The first-order valence-electron chi connectivity index (χ1n) is 10.6. The van der Waals surface area contributed by atoms with Crippen LogP contribution in [0.5, 0.6) is 5.75 Å². The molecule has 1 unspecified atom stereocenters. The molecule has 0 spiro atoms. The van der Waals surface area contributed by atoms with Crippen LogP contribution in [-0.2, 0) is 20.8 Å². The summed E-state index contributed by atoms with van der Waals surface area (Å²) in [5.74, 6) is -4.37. The maximum absolute atomic E-state index is 13.0. The highest BCUT2D eigenvalue weighted by atomic mass is 32.2. The molecule has 0 heterocycles. The average molecular weight is 569 g/mol. The molecule has 3 aromatic rings. The lowest BCUT2D eigenvalue weighted by Crippen LogP contribution is -2.45. The second-order valence-electron chi connectivity index (χ2n) is 8.13. The number of sulfone groups is 1. The Morgan fingerprint density at radius 2 is 1.62 bits per heavy atom. The second-order valence-corrected chi connectivity index (χ2v) is 10.1. The maximum atomic E-state index is 13.0. The van der Waals surface area contributed by atoms with Gasteiger partial charge in [-0.05, 0) is 61.5 Å². The number of halogens is 4. The molecule has 206 valence electrons. The normalized spacial score (nSPS) is 12.7. The van der Waals surface area contributed by atoms with Crippen molar-refractivity contribution < 1.29 is 50.9 Å². The predicted octanol–water partition coefficient (Wildman–Crippen LogP) is 3.97. The smallest absolute Gasteiger partial charge is 0.417 e. The van der Waals surface area contributed by atoms with E-state index in [1.165, 1.54) is 18.2 Å². The van der Waals surface area contributed by atoms with Gasteiger partial charge in [-0.25, -0.2) is 17.6 Å². The van der Waals surface area contributed by atoms with Gasteiger partial charge in [-0.3, -0.25) is 4.79 Å². The summed E-state index contributed by atoms with van der Waals surface area (Å²) in [6, 6.07) is 13.2. The zero-order valence-corrected chi connectivity index (χ0v) is 20.7. The number of rotatable bonds is 6. The minimum absolute atomic E-state index is 0.0671. The molecule has 0 radical (unpaired) electrons. The number of carbonyl (C=O) groups is 2. The number of aromatic carboxylic acids is 1. The molecule has 9 nitrogen and oxygen atoms in total. The molecule has 3 rings (SSSR count). The van der Waals surface area contributed by atoms with Crippen molar-refractivity contribution >= 4 is 27.4 Å². The Morgan fingerprint density at radius 1 is 1.03 bits per heavy atom. The van der Waals surface area contributed by atoms with E-state index in [0.29, 0.717) is 6.07 Å². The Balaban J connectivity index is 0.000000446. The summed E-state index contributed by atoms with van der Waals surface area (Å²) < 4.78 is 76.6. The van der Waals surface area contributed by atoms with Crippen molar-refractivity contribution in [2.45, 2.75) is 23.6 Å². The lowest BCUT2D eigenvalue weighted by Gasteiger charge is -2.22.